The molecule has 0 unspecified atom stereocenters. The highest BCUT2D eigenvalue weighted by Gasteiger charge is 2.20. The molecule has 4 rings (SSSR count). The number of benzene rings is 1. The highest BCUT2D eigenvalue weighted by Crippen LogP contribution is 2.34. The van der Waals surface area contributed by atoms with Crippen molar-refractivity contribution in [1.29, 1.82) is 5.26 Å². The number of fused-ring (bicyclic) bond motifs is 1. The van der Waals surface area contributed by atoms with Crippen molar-refractivity contribution in [3.05, 3.63) is 71.0 Å². The minimum absolute atomic E-state index is 0.111. The number of nitriles is 1. The molecule has 3 heterocycles. The van der Waals surface area contributed by atoms with Gasteiger partial charge in [0.15, 0.2) is 5.65 Å². The molecule has 0 bridgehead atoms. The Morgan fingerprint density at radius 3 is 2.72 bits per heavy atom. The Balaban J connectivity index is 1.72. The number of anilines is 1. The van der Waals surface area contributed by atoms with Crippen molar-refractivity contribution in [2.75, 3.05) is 5.32 Å². The van der Waals surface area contributed by atoms with Crippen molar-refractivity contribution >= 4 is 22.8 Å². The van der Waals surface area contributed by atoms with Crippen LogP contribution < -0.4 is 5.32 Å². The van der Waals surface area contributed by atoms with Crippen molar-refractivity contribution in [2.45, 2.75) is 26.3 Å². The number of aromatic nitrogens is 3. The maximum absolute atomic E-state index is 9.03. The van der Waals surface area contributed by atoms with Crippen LogP contribution in [-0.4, -0.2) is 19.9 Å². The molecule has 6 heteroatoms. The number of rotatable bonds is 2. The van der Waals surface area contributed by atoms with Crippen LogP contribution in [0.2, 0.25) is 0 Å². The van der Waals surface area contributed by atoms with Gasteiger partial charge in [-0.15, -0.1) is 11.3 Å². The molecule has 0 radical (unpaired) electrons. The highest BCUT2D eigenvalue weighted by atomic mass is 32.1. The maximum Gasteiger partial charge on any atom is 0.157 e. The number of nitrogens with zero attached hydrogens (tertiary/aromatic N) is 4. The van der Waals surface area contributed by atoms with Gasteiger partial charge in [0.25, 0.3) is 0 Å². The van der Waals surface area contributed by atoms with E-state index in [0.717, 1.165) is 32.5 Å². The van der Waals surface area contributed by atoms with E-state index < -0.39 is 0 Å². The summed E-state index contributed by atoms with van der Waals surface area (Å²) in [5.74, 6) is 7.28. The molecule has 1 aromatic carbocycles. The summed E-state index contributed by atoms with van der Waals surface area (Å²) >= 11 is 1.60. The number of hydrogen-bond acceptors (Lipinski definition) is 5. The van der Waals surface area contributed by atoms with Crippen LogP contribution in [0.3, 0.4) is 0 Å². The van der Waals surface area contributed by atoms with E-state index >= 15 is 0 Å². The molecule has 0 spiro atoms. The van der Waals surface area contributed by atoms with Crippen LogP contribution in [0.25, 0.3) is 16.2 Å². The van der Waals surface area contributed by atoms with E-state index in [9.17, 15) is 0 Å². The minimum Gasteiger partial charge on any atom is -0.365 e. The van der Waals surface area contributed by atoms with Crippen LogP contribution in [0.5, 0.6) is 0 Å². The summed E-state index contributed by atoms with van der Waals surface area (Å²) in [6.45, 7) is 6.37. The summed E-state index contributed by atoms with van der Waals surface area (Å²) in [7, 11) is 0. The average molecular weight is 398 g/mol. The molecule has 3 aromatic heterocycles. The predicted octanol–water partition coefficient (Wildman–Crippen LogP) is 4.94. The van der Waals surface area contributed by atoms with E-state index in [0.29, 0.717) is 5.56 Å². The van der Waals surface area contributed by atoms with Gasteiger partial charge in [0, 0.05) is 23.5 Å². The summed E-state index contributed by atoms with van der Waals surface area (Å²) in [6, 6.07) is 13.5. The van der Waals surface area contributed by atoms with E-state index in [-0.39, 0.29) is 5.54 Å². The Morgan fingerprint density at radius 2 is 1.93 bits per heavy atom. The van der Waals surface area contributed by atoms with Gasteiger partial charge in [-0.05, 0) is 51.1 Å². The van der Waals surface area contributed by atoms with E-state index in [1.165, 1.54) is 0 Å². The lowest BCUT2D eigenvalue weighted by Gasteiger charge is -2.22. The van der Waals surface area contributed by atoms with E-state index in [1.807, 2.05) is 34.9 Å². The van der Waals surface area contributed by atoms with Crippen molar-refractivity contribution in [3.63, 3.8) is 0 Å². The number of thiophene rings is 1. The largest absolute Gasteiger partial charge is 0.365 e. The standard InChI is InChI=1S/C23H19N5S/c1-23(2,3)27-22-21(26-20-15-25-11-12-28(20)22)19-10-9-18(29-19)8-7-16-5-4-6-17(13-16)14-24/h4-6,9-13,15,27H,1-3H3. The van der Waals surface area contributed by atoms with Gasteiger partial charge in [-0.25, -0.2) is 4.98 Å². The molecular weight excluding hydrogens is 378 g/mol. The lowest BCUT2D eigenvalue weighted by molar-refractivity contribution is 0.629. The Labute approximate surface area is 173 Å². The molecule has 0 aliphatic carbocycles. The van der Waals surface area contributed by atoms with Gasteiger partial charge in [-0.1, -0.05) is 17.9 Å². The van der Waals surface area contributed by atoms with E-state index in [2.05, 4.69) is 49.0 Å². The molecule has 0 saturated heterocycles. The van der Waals surface area contributed by atoms with Gasteiger partial charge < -0.3 is 5.32 Å². The third-order valence-electron chi connectivity index (χ3n) is 4.08. The molecule has 0 fully saturated rings. The first-order valence-corrected chi connectivity index (χ1v) is 9.97. The molecular formula is C23H19N5S. The molecule has 29 heavy (non-hydrogen) atoms. The smallest absolute Gasteiger partial charge is 0.157 e. The normalized spacial score (nSPS) is 11.0. The summed E-state index contributed by atoms with van der Waals surface area (Å²) in [5.41, 5.74) is 3.01. The molecule has 5 nitrogen and oxygen atoms in total. The monoisotopic (exact) mass is 397 g/mol. The van der Waals surface area contributed by atoms with Gasteiger partial charge in [0.1, 0.15) is 11.5 Å². The fourth-order valence-corrected chi connectivity index (χ4v) is 3.74. The van der Waals surface area contributed by atoms with Gasteiger partial charge in [0.2, 0.25) is 0 Å². The summed E-state index contributed by atoms with van der Waals surface area (Å²) < 4.78 is 2.02. The van der Waals surface area contributed by atoms with Crippen LogP contribution >= 0.6 is 11.3 Å². The van der Waals surface area contributed by atoms with Crippen LogP contribution in [-0.2, 0) is 0 Å². The predicted molar refractivity (Wildman–Crippen MR) is 117 cm³/mol. The van der Waals surface area contributed by atoms with E-state index in [1.54, 1.807) is 35.9 Å². The summed E-state index contributed by atoms with van der Waals surface area (Å²) in [5, 5.41) is 12.6. The first-order valence-electron chi connectivity index (χ1n) is 9.15. The number of nitrogens with one attached hydrogen (secondary N) is 1. The Kier molecular flexibility index (Phi) is 4.80. The van der Waals surface area contributed by atoms with Crippen molar-refractivity contribution < 1.29 is 0 Å². The highest BCUT2D eigenvalue weighted by molar-refractivity contribution is 7.16. The average Bonchev–Trinajstić information content (AvgIpc) is 3.30. The third-order valence-corrected chi connectivity index (χ3v) is 5.09. The Hall–Kier alpha value is -3.61. The molecule has 0 saturated carbocycles. The van der Waals surface area contributed by atoms with Crippen molar-refractivity contribution in [3.8, 4) is 28.5 Å². The van der Waals surface area contributed by atoms with Crippen LogP contribution in [0.1, 0.15) is 36.8 Å². The number of hydrogen-bond donors (Lipinski definition) is 1. The maximum atomic E-state index is 9.03. The lowest BCUT2D eigenvalue weighted by Crippen LogP contribution is -2.27. The molecule has 1 N–H and O–H groups in total. The molecule has 0 amide bonds. The second-order valence-corrected chi connectivity index (χ2v) is 8.68. The number of imidazole rings is 1. The van der Waals surface area contributed by atoms with Crippen LogP contribution in [0.4, 0.5) is 5.82 Å². The Morgan fingerprint density at radius 1 is 1.10 bits per heavy atom. The van der Waals surface area contributed by atoms with Crippen LogP contribution in [0.15, 0.2) is 55.0 Å². The quantitative estimate of drug-likeness (QED) is 0.487. The fourth-order valence-electron chi connectivity index (χ4n) is 2.89. The van der Waals surface area contributed by atoms with Crippen molar-refractivity contribution in [2.24, 2.45) is 0 Å². The van der Waals surface area contributed by atoms with Gasteiger partial charge in [-0.3, -0.25) is 9.38 Å². The summed E-state index contributed by atoms with van der Waals surface area (Å²) in [4.78, 5) is 11.0. The van der Waals surface area contributed by atoms with E-state index in [4.69, 9.17) is 10.2 Å². The Bertz CT molecular complexity index is 1290. The van der Waals surface area contributed by atoms with Gasteiger partial charge in [-0.2, -0.15) is 5.26 Å². The molecule has 0 atom stereocenters. The zero-order valence-electron chi connectivity index (χ0n) is 16.4. The molecule has 0 aliphatic rings. The second-order valence-electron chi connectivity index (χ2n) is 7.60. The third kappa shape index (κ3) is 4.13. The summed E-state index contributed by atoms with van der Waals surface area (Å²) in [6.07, 6.45) is 5.43. The SMILES string of the molecule is CC(C)(C)Nc1c(-c2ccc(C#Cc3cccc(C#N)c3)s2)nc2cnccn12. The molecule has 142 valence electrons. The lowest BCUT2D eigenvalue weighted by atomic mass is 10.1. The van der Waals surface area contributed by atoms with Gasteiger partial charge >= 0.3 is 0 Å². The van der Waals surface area contributed by atoms with Crippen LogP contribution in [0, 0.1) is 23.2 Å². The topological polar surface area (TPSA) is 66.0 Å². The van der Waals surface area contributed by atoms with Gasteiger partial charge in [0.05, 0.1) is 27.6 Å². The molecule has 4 aromatic rings. The first-order chi connectivity index (χ1) is 13.9. The zero-order valence-corrected chi connectivity index (χ0v) is 17.2. The minimum atomic E-state index is -0.111. The van der Waals surface area contributed by atoms with Crippen molar-refractivity contribution in [1.82, 2.24) is 14.4 Å². The first kappa shape index (κ1) is 18.7. The fraction of sp³-hybridized carbons (Fsp3) is 0.174. The zero-order chi connectivity index (χ0) is 20.4. The molecule has 0 aliphatic heterocycles. The second kappa shape index (κ2) is 7.43.